The Labute approximate surface area is 144 Å². The molecule has 0 aliphatic heterocycles. The van der Waals surface area contributed by atoms with Crippen LogP contribution in [-0.4, -0.2) is 29.4 Å². The van der Waals surface area contributed by atoms with Gasteiger partial charge in [-0.15, -0.1) is 0 Å². The summed E-state index contributed by atoms with van der Waals surface area (Å²) in [6.45, 7) is 0. The van der Waals surface area contributed by atoms with Gasteiger partial charge in [-0.2, -0.15) is 0 Å². The maximum absolute atomic E-state index is 8.20. The standard InChI is InChI=1S/C18H18N4OS/c1-21-18(20)24-17(19)12-6-7-16-14(9-12)15(10-22-16)11-4-3-5-13(8-11)23-2/h3-10,19,22H,1-2H3,(H2,20,21). The average molecular weight is 338 g/mol. The van der Waals surface area contributed by atoms with E-state index in [0.29, 0.717) is 10.2 Å². The zero-order valence-electron chi connectivity index (χ0n) is 13.5. The van der Waals surface area contributed by atoms with Crippen LogP contribution in [-0.2, 0) is 0 Å². The third-order valence-corrected chi connectivity index (χ3v) is 4.58. The molecule has 24 heavy (non-hydrogen) atoms. The Bertz CT molecular complexity index is 930. The van der Waals surface area contributed by atoms with Gasteiger partial charge >= 0.3 is 0 Å². The molecule has 5 nitrogen and oxygen atoms in total. The summed E-state index contributed by atoms with van der Waals surface area (Å²) in [4.78, 5) is 7.16. The smallest absolute Gasteiger partial charge is 0.160 e. The van der Waals surface area contributed by atoms with Gasteiger partial charge in [0, 0.05) is 35.3 Å². The van der Waals surface area contributed by atoms with Crippen molar-refractivity contribution in [3.05, 3.63) is 54.2 Å². The van der Waals surface area contributed by atoms with Crippen LogP contribution in [0, 0.1) is 5.41 Å². The minimum atomic E-state index is 0.373. The molecule has 1 heterocycles. The van der Waals surface area contributed by atoms with Crippen molar-refractivity contribution in [2.24, 2.45) is 10.7 Å². The minimum absolute atomic E-state index is 0.373. The van der Waals surface area contributed by atoms with Crippen molar-refractivity contribution in [3.63, 3.8) is 0 Å². The number of nitrogens with one attached hydrogen (secondary N) is 2. The lowest BCUT2D eigenvalue weighted by Crippen LogP contribution is -2.10. The van der Waals surface area contributed by atoms with E-state index < -0.39 is 0 Å². The van der Waals surface area contributed by atoms with Crippen LogP contribution in [0.1, 0.15) is 5.56 Å². The molecule has 0 unspecified atom stereocenters. The molecule has 0 fully saturated rings. The predicted octanol–water partition coefficient (Wildman–Crippen LogP) is 3.85. The van der Waals surface area contributed by atoms with Crippen molar-refractivity contribution in [1.29, 1.82) is 5.41 Å². The van der Waals surface area contributed by atoms with Gasteiger partial charge in [-0.05, 0) is 41.6 Å². The van der Waals surface area contributed by atoms with E-state index in [0.717, 1.165) is 45.1 Å². The Kier molecular flexibility index (Phi) is 4.57. The first-order valence-electron chi connectivity index (χ1n) is 7.37. The number of aromatic amines is 1. The summed E-state index contributed by atoms with van der Waals surface area (Å²) >= 11 is 1.15. The molecule has 4 N–H and O–H groups in total. The summed E-state index contributed by atoms with van der Waals surface area (Å²) in [7, 11) is 3.27. The molecule has 6 heteroatoms. The monoisotopic (exact) mass is 338 g/mol. The van der Waals surface area contributed by atoms with Crippen LogP contribution in [0.25, 0.3) is 22.0 Å². The quantitative estimate of drug-likeness (QED) is 0.501. The number of ether oxygens (including phenoxy) is 1. The van der Waals surface area contributed by atoms with E-state index in [1.807, 2.05) is 48.7 Å². The molecule has 0 radical (unpaired) electrons. The fourth-order valence-corrected chi connectivity index (χ4v) is 3.05. The number of H-pyrrole nitrogens is 1. The Hall–Kier alpha value is -2.73. The number of hydrogen-bond donors (Lipinski definition) is 3. The van der Waals surface area contributed by atoms with Crippen LogP contribution >= 0.6 is 11.8 Å². The summed E-state index contributed by atoms with van der Waals surface area (Å²) in [5, 5.41) is 10.0. The molecule has 1 aromatic heterocycles. The molecular weight excluding hydrogens is 320 g/mol. The number of thioether (sulfide) groups is 1. The van der Waals surface area contributed by atoms with E-state index in [1.54, 1.807) is 14.2 Å². The molecule has 0 amide bonds. The fourth-order valence-electron chi connectivity index (χ4n) is 2.50. The van der Waals surface area contributed by atoms with Gasteiger partial charge in [-0.3, -0.25) is 10.4 Å². The highest BCUT2D eigenvalue weighted by Gasteiger charge is 2.11. The van der Waals surface area contributed by atoms with Crippen LogP contribution < -0.4 is 10.5 Å². The lowest BCUT2D eigenvalue weighted by atomic mass is 10.0. The molecule has 0 aliphatic rings. The van der Waals surface area contributed by atoms with Crippen molar-refractivity contribution in [3.8, 4) is 16.9 Å². The third-order valence-electron chi connectivity index (χ3n) is 3.75. The van der Waals surface area contributed by atoms with Crippen molar-refractivity contribution >= 4 is 32.9 Å². The molecule has 0 atom stereocenters. The molecule has 3 aromatic rings. The lowest BCUT2D eigenvalue weighted by Gasteiger charge is -2.06. The first-order valence-corrected chi connectivity index (χ1v) is 8.18. The number of nitrogens with zero attached hydrogens (tertiary/aromatic N) is 1. The van der Waals surface area contributed by atoms with Gasteiger partial charge in [0.25, 0.3) is 0 Å². The number of fused-ring (bicyclic) bond motifs is 1. The van der Waals surface area contributed by atoms with Crippen LogP contribution in [0.5, 0.6) is 5.75 Å². The number of aromatic nitrogens is 1. The molecule has 0 saturated carbocycles. The molecule has 122 valence electrons. The molecule has 0 bridgehead atoms. The largest absolute Gasteiger partial charge is 0.497 e. The second kappa shape index (κ2) is 6.80. The Morgan fingerprint density at radius 2 is 2.08 bits per heavy atom. The summed E-state index contributed by atoms with van der Waals surface area (Å²) in [5.41, 5.74) is 9.67. The van der Waals surface area contributed by atoms with Crippen LogP contribution in [0.2, 0.25) is 0 Å². The molecule has 0 saturated heterocycles. The van der Waals surface area contributed by atoms with Crippen LogP contribution in [0.4, 0.5) is 0 Å². The first kappa shape index (κ1) is 16.1. The predicted molar refractivity (Wildman–Crippen MR) is 102 cm³/mol. The van der Waals surface area contributed by atoms with E-state index in [9.17, 15) is 0 Å². The van der Waals surface area contributed by atoms with E-state index in [4.69, 9.17) is 15.9 Å². The lowest BCUT2D eigenvalue weighted by molar-refractivity contribution is 0.415. The van der Waals surface area contributed by atoms with Gasteiger partial charge in [0.05, 0.1) is 7.11 Å². The summed E-state index contributed by atoms with van der Waals surface area (Å²) in [6, 6.07) is 13.8. The summed E-state index contributed by atoms with van der Waals surface area (Å²) < 4.78 is 5.31. The Balaban J connectivity index is 2.04. The molecule has 0 aliphatic carbocycles. The number of nitrogens with two attached hydrogens (primary N) is 1. The highest BCUT2D eigenvalue weighted by Crippen LogP contribution is 2.31. The minimum Gasteiger partial charge on any atom is -0.497 e. The topological polar surface area (TPSA) is 87.2 Å². The normalized spacial score (nSPS) is 11.7. The van der Waals surface area contributed by atoms with Crippen molar-refractivity contribution in [2.75, 3.05) is 14.2 Å². The van der Waals surface area contributed by atoms with Gasteiger partial charge in [-0.25, -0.2) is 0 Å². The second-order valence-electron chi connectivity index (χ2n) is 5.19. The Morgan fingerprint density at radius 1 is 1.25 bits per heavy atom. The number of methoxy groups -OCH3 is 1. The molecule has 2 aromatic carbocycles. The van der Waals surface area contributed by atoms with E-state index in [1.165, 1.54) is 0 Å². The molecule has 0 spiro atoms. The number of rotatable bonds is 3. The van der Waals surface area contributed by atoms with Gasteiger partial charge in [-0.1, -0.05) is 18.2 Å². The first-order chi connectivity index (χ1) is 11.6. The molecule has 3 rings (SSSR count). The SMILES string of the molecule is CN=C(N)SC(=N)c1ccc2[nH]cc(-c3cccc(OC)c3)c2c1. The summed E-state index contributed by atoms with van der Waals surface area (Å²) in [6.07, 6.45) is 1.97. The highest BCUT2D eigenvalue weighted by molar-refractivity contribution is 8.26. The van der Waals surface area contributed by atoms with E-state index in [-0.39, 0.29) is 0 Å². The number of amidine groups is 1. The zero-order chi connectivity index (χ0) is 17.1. The van der Waals surface area contributed by atoms with Gasteiger partial charge in [0.2, 0.25) is 0 Å². The molecular formula is C18H18N4OS. The number of hydrogen-bond acceptors (Lipinski definition) is 4. The third kappa shape index (κ3) is 3.14. The van der Waals surface area contributed by atoms with Gasteiger partial charge in [0.15, 0.2) is 5.17 Å². The van der Waals surface area contributed by atoms with Crippen LogP contribution in [0.15, 0.2) is 53.7 Å². The van der Waals surface area contributed by atoms with E-state index in [2.05, 4.69) is 9.98 Å². The van der Waals surface area contributed by atoms with Crippen LogP contribution in [0.3, 0.4) is 0 Å². The van der Waals surface area contributed by atoms with Gasteiger partial charge in [0.1, 0.15) is 10.8 Å². The Morgan fingerprint density at radius 3 is 2.83 bits per heavy atom. The number of aliphatic imine (C=N–C) groups is 1. The van der Waals surface area contributed by atoms with Crippen molar-refractivity contribution in [2.45, 2.75) is 0 Å². The average Bonchev–Trinajstić information content (AvgIpc) is 3.04. The highest BCUT2D eigenvalue weighted by atomic mass is 32.2. The van der Waals surface area contributed by atoms with Gasteiger partial charge < -0.3 is 15.5 Å². The van der Waals surface area contributed by atoms with Crippen molar-refractivity contribution in [1.82, 2.24) is 4.98 Å². The second-order valence-corrected chi connectivity index (χ2v) is 6.22. The zero-order valence-corrected chi connectivity index (χ0v) is 14.3. The fraction of sp³-hybridized carbons (Fsp3) is 0.111. The van der Waals surface area contributed by atoms with Crippen molar-refractivity contribution < 1.29 is 4.74 Å². The number of benzene rings is 2. The maximum Gasteiger partial charge on any atom is 0.160 e. The van der Waals surface area contributed by atoms with E-state index >= 15 is 0 Å². The summed E-state index contributed by atoms with van der Waals surface area (Å²) in [5.74, 6) is 0.813. The maximum atomic E-state index is 8.20.